The zero-order chi connectivity index (χ0) is 9.31. The van der Waals surface area contributed by atoms with Crippen LogP contribution in [0, 0.1) is 0 Å². The van der Waals surface area contributed by atoms with Crippen LogP contribution in [0.3, 0.4) is 0 Å². The van der Waals surface area contributed by atoms with Crippen molar-refractivity contribution in [3.8, 4) is 0 Å². The third-order valence-electron chi connectivity index (χ3n) is 2.71. The van der Waals surface area contributed by atoms with Gasteiger partial charge < -0.3 is 0 Å². The number of benzene rings is 1. The van der Waals surface area contributed by atoms with Gasteiger partial charge in [-0.25, -0.2) is 4.39 Å². The van der Waals surface area contributed by atoms with Gasteiger partial charge >= 0.3 is 0 Å². The molecular weight excluding hydrogens is 167 g/mol. The molecule has 68 valence electrons. The number of rotatable bonds is 2. The summed E-state index contributed by atoms with van der Waals surface area (Å²) in [6, 6.07) is 6.76. The van der Waals surface area contributed by atoms with Crippen LogP contribution < -0.4 is 0 Å². The maximum atomic E-state index is 13.8. The second-order valence-electron chi connectivity index (χ2n) is 3.56. The van der Waals surface area contributed by atoms with Crippen molar-refractivity contribution in [2.24, 2.45) is 0 Å². The van der Waals surface area contributed by atoms with Crippen LogP contribution in [0.1, 0.15) is 35.2 Å². The lowest BCUT2D eigenvalue weighted by molar-refractivity contribution is 0.0609. The molecule has 0 unspecified atom stereocenters. The van der Waals surface area contributed by atoms with Gasteiger partial charge in [0.15, 0.2) is 0 Å². The second kappa shape index (κ2) is 2.95. The molecule has 1 saturated carbocycles. The summed E-state index contributed by atoms with van der Waals surface area (Å²) >= 11 is 0. The Balaban J connectivity index is 2.27. The number of carbonyl (C=O) groups is 1. The molecular formula is C11H11FO. The Morgan fingerprint density at radius 1 is 1.23 bits per heavy atom. The highest BCUT2D eigenvalue weighted by molar-refractivity contribution is 5.74. The van der Waals surface area contributed by atoms with Gasteiger partial charge in [-0.3, -0.25) is 4.79 Å². The highest BCUT2D eigenvalue weighted by Crippen LogP contribution is 2.44. The standard InChI is InChI=1S/C11H11FO/c12-11(6-1-7-11)10-4-2-9(8-13)3-5-10/h2-5,8H,1,6-7H2. The first-order chi connectivity index (χ1) is 6.24. The van der Waals surface area contributed by atoms with Crippen molar-refractivity contribution in [2.75, 3.05) is 0 Å². The van der Waals surface area contributed by atoms with Crippen molar-refractivity contribution in [1.82, 2.24) is 0 Å². The van der Waals surface area contributed by atoms with Crippen LogP contribution in [0.4, 0.5) is 4.39 Å². The fraction of sp³-hybridized carbons (Fsp3) is 0.364. The molecule has 13 heavy (non-hydrogen) atoms. The summed E-state index contributed by atoms with van der Waals surface area (Å²) in [5.74, 6) is 0. The number of aldehydes is 1. The average molecular weight is 178 g/mol. The van der Waals surface area contributed by atoms with Crippen LogP contribution in [0.25, 0.3) is 0 Å². The summed E-state index contributed by atoms with van der Waals surface area (Å²) in [6.07, 6.45) is 2.97. The van der Waals surface area contributed by atoms with E-state index >= 15 is 0 Å². The fourth-order valence-corrected chi connectivity index (χ4v) is 1.64. The lowest BCUT2D eigenvalue weighted by Gasteiger charge is -2.34. The van der Waals surface area contributed by atoms with Crippen LogP contribution in [0.15, 0.2) is 24.3 Å². The van der Waals surface area contributed by atoms with Crippen molar-refractivity contribution in [2.45, 2.75) is 24.9 Å². The van der Waals surface area contributed by atoms with E-state index in [4.69, 9.17) is 0 Å². The summed E-state index contributed by atoms with van der Waals surface area (Å²) < 4.78 is 13.8. The van der Waals surface area contributed by atoms with Gasteiger partial charge in [-0.2, -0.15) is 0 Å². The minimum Gasteiger partial charge on any atom is -0.298 e. The summed E-state index contributed by atoms with van der Waals surface area (Å²) in [5.41, 5.74) is 0.206. The molecule has 0 saturated heterocycles. The Morgan fingerprint density at radius 2 is 1.85 bits per heavy atom. The number of alkyl halides is 1. The van der Waals surface area contributed by atoms with Crippen molar-refractivity contribution in [3.63, 3.8) is 0 Å². The lowest BCUT2D eigenvalue weighted by Crippen LogP contribution is -2.28. The van der Waals surface area contributed by atoms with Crippen molar-refractivity contribution in [3.05, 3.63) is 35.4 Å². The van der Waals surface area contributed by atoms with Gasteiger partial charge in [0.25, 0.3) is 0 Å². The quantitative estimate of drug-likeness (QED) is 0.636. The Morgan fingerprint density at radius 3 is 2.23 bits per heavy atom. The third kappa shape index (κ3) is 1.37. The largest absolute Gasteiger partial charge is 0.298 e. The normalized spacial score (nSPS) is 19.2. The SMILES string of the molecule is O=Cc1ccc(C2(F)CCC2)cc1. The minimum atomic E-state index is -1.11. The Hall–Kier alpha value is -1.18. The summed E-state index contributed by atoms with van der Waals surface area (Å²) in [5, 5.41) is 0. The summed E-state index contributed by atoms with van der Waals surface area (Å²) in [7, 11) is 0. The summed E-state index contributed by atoms with van der Waals surface area (Å²) in [6.45, 7) is 0. The van der Waals surface area contributed by atoms with E-state index in [1.165, 1.54) is 0 Å². The second-order valence-corrected chi connectivity index (χ2v) is 3.56. The monoisotopic (exact) mass is 178 g/mol. The highest BCUT2D eigenvalue weighted by atomic mass is 19.1. The molecule has 0 N–H and O–H groups in total. The molecule has 1 fully saturated rings. The zero-order valence-electron chi connectivity index (χ0n) is 7.29. The molecule has 1 aromatic rings. The van der Waals surface area contributed by atoms with E-state index in [0.717, 1.165) is 12.7 Å². The highest BCUT2D eigenvalue weighted by Gasteiger charge is 2.38. The Labute approximate surface area is 76.6 Å². The number of hydrogen-bond donors (Lipinski definition) is 0. The van der Waals surface area contributed by atoms with Gasteiger partial charge in [-0.1, -0.05) is 24.3 Å². The predicted molar refractivity (Wildman–Crippen MR) is 48.5 cm³/mol. The number of carbonyl (C=O) groups excluding carboxylic acids is 1. The molecule has 2 heteroatoms. The molecule has 2 rings (SSSR count). The number of halogens is 1. The van der Waals surface area contributed by atoms with Gasteiger partial charge in [-0.05, 0) is 24.8 Å². The first kappa shape index (κ1) is 8.42. The smallest absolute Gasteiger partial charge is 0.150 e. The van der Waals surface area contributed by atoms with Gasteiger partial charge in [0.05, 0.1) is 0 Å². The molecule has 0 heterocycles. The predicted octanol–water partition coefficient (Wildman–Crippen LogP) is 2.85. The molecule has 0 aromatic heterocycles. The molecule has 1 aromatic carbocycles. The Bertz CT molecular complexity index is 311. The topological polar surface area (TPSA) is 17.1 Å². The Kier molecular flexibility index (Phi) is 1.91. The minimum absolute atomic E-state index is 0.603. The van der Waals surface area contributed by atoms with Crippen LogP contribution in [0.5, 0.6) is 0 Å². The zero-order valence-corrected chi connectivity index (χ0v) is 7.29. The maximum absolute atomic E-state index is 13.8. The van der Waals surface area contributed by atoms with Gasteiger partial charge in [0.1, 0.15) is 12.0 Å². The molecule has 0 amide bonds. The van der Waals surface area contributed by atoms with Gasteiger partial charge in [0.2, 0.25) is 0 Å². The van der Waals surface area contributed by atoms with E-state index in [9.17, 15) is 9.18 Å². The molecule has 0 atom stereocenters. The first-order valence-corrected chi connectivity index (χ1v) is 4.49. The molecule has 1 aliphatic rings. The van der Waals surface area contributed by atoms with Crippen LogP contribution in [-0.2, 0) is 5.67 Å². The van der Waals surface area contributed by atoms with E-state index in [1.54, 1.807) is 24.3 Å². The van der Waals surface area contributed by atoms with Crippen LogP contribution in [-0.4, -0.2) is 6.29 Å². The average Bonchev–Trinajstić information content (AvgIpc) is 2.14. The van der Waals surface area contributed by atoms with Crippen molar-refractivity contribution >= 4 is 6.29 Å². The van der Waals surface area contributed by atoms with Crippen LogP contribution >= 0.6 is 0 Å². The molecule has 1 nitrogen and oxygen atoms in total. The lowest BCUT2D eigenvalue weighted by atomic mass is 9.77. The number of hydrogen-bond acceptors (Lipinski definition) is 1. The maximum Gasteiger partial charge on any atom is 0.150 e. The van der Waals surface area contributed by atoms with E-state index in [1.807, 2.05) is 0 Å². The third-order valence-corrected chi connectivity index (χ3v) is 2.71. The first-order valence-electron chi connectivity index (χ1n) is 4.49. The molecule has 0 bridgehead atoms. The van der Waals surface area contributed by atoms with Crippen molar-refractivity contribution < 1.29 is 9.18 Å². The van der Waals surface area contributed by atoms with Crippen LogP contribution in [0.2, 0.25) is 0 Å². The van der Waals surface area contributed by atoms with E-state index in [0.29, 0.717) is 24.0 Å². The fourth-order valence-electron chi connectivity index (χ4n) is 1.64. The van der Waals surface area contributed by atoms with Gasteiger partial charge in [-0.15, -0.1) is 0 Å². The van der Waals surface area contributed by atoms with E-state index in [2.05, 4.69) is 0 Å². The van der Waals surface area contributed by atoms with Gasteiger partial charge in [0, 0.05) is 5.56 Å². The molecule has 0 spiro atoms. The van der Waals surface area contributed by atoms with E-state index < -0.39 is 5.67 Å². The molecule has 0 radical (unpaired) electrons. The van der Waals surface area contributed by atoms with Crippen molar-refractivity contribution in [1.29, 1.82) is 0 Å². The molecule has 0 aliphatic heterocycles. The van der Waals surface area contributed by atoms with E-state index in [-0.39, 0.29) is 0 Å². The summed E-state index contributed by atoms with van der Waals surface area (Å²) in [4.78, 5) is 10.4. The molecule has 1 aliphatic carbocycles.